The van der Waals surface area contributed by atoms with E-state index >= 15 is 0 Å². The number of aryl methyl sites for hydroxylation is 1. The average Bonchev–Trinajstić information content (AvgIpc) is 2.45. The third-order valence-corrected chi connectivity index (χ3v) is 3.45. The van der Waals surface area contributed by atoms with Crippen LogP contribution < -0.4 is 16.0 Å². The molecule has 21 heavy (non-hydrogen) atoms. The highest BCUT2D eigenvalue weighted by Gasteiger charge is 2.15. The monoisotopic (exact) mass is 285 g/mol. The van der Waals surface area contributed by atoms with Crippen LogP contribution in [0.25, 0.3) is 0 Å². The lowest BCUT2D eigenvalue weighted by Gasteiger charge is -2.20. The van der Waals surface area contributed by atoms with Crippen LogP contribution in [0.15, 0.2) is 36.5 Å². The maximum Gasteiger partial charge on any atom is 0.146 e. The maximum atomic E-state index is 5.90. The summed E-state index contributed by atoms with van der Waals surface area (Å²) in [5.41, 5.74) is 6.09. The summed E-state index contributed by atoms with van der Waals surface area (Å²) in [5, 5.41) is 0. The second-order valence-corrected chi connectivity index (χ2v) is 6.17. The van der Waals surface area contributed by atoms with Gasteiger partial charge in [-0.15, -0.1) is 0 Å². The summed E-state index contributed by atoms with van der Waals surface area (Å²) in [5.74, 6) is 6.97. The van der Waals surface area contributed by atoms with Crippen LogP contribution in [0.4, 0.5) is 5.82 Å². The van der Waals surface area contributed by atoms with E-state index in [1.807, 2.05) is 18.2 Å². The number of nitrogen functional groups attached to an aromatic ring is 1. The largest absolute Gasteiger partial charge is 0.488 e. The Morgan fingerprint density at radius 1 is 1.24 bits per heavy atom. The van der Waals surface area contributed by atoms with E-state index in [4.69, 9.17) is 10.6 Å². The summed E-state index contributed by atoms with van der Waals surface area (Å²) < 4.78 is 5.90. The Hall–Kier alpha value is -2.07. The molecule has 112 valence electrons. The Kier molecular flexibility index (Phi) is 4.48. The molecule has 2 aromatic rings. The van der Waals surface area contributed by atoms with E-state index in [-0.39, 0.29) is 5.41 Å². The summed E-state index contributed by atoms with van der Waals surface area (Å²) in [6, 6.07) is 10.1. The van der Waals surface area contributed by atoms with Crippen molar-refractivity contribution in [2.45, 2.75) is 39.7 Å². The number of aromatic nitrogens is 1. The Bertz CT molecular complexity index is 618. The number of anilines is 1. The molecule has 0 unspecified atom stereocenters. The Balaban J connectivity index is 2.14. The van der Waals surface area contributed by atoms with Crippen LogP contribution in [-0.2, 0) is 12.0 Å². The molecular formula is C17H23N3O. The fraction of sp³-hybridized carbons (Fsp3) is 0.353. The highest BCUT2D eigenvalue weighted by Crippen LogP contribution is 2.28. The molecule has 0 aliphatic carbocycles. The van der Waals surface area contributed by atoms with E-state index in [1.54, 1.807) is 6.20 Å². The molecule has 0 fully saturated rings. The van der Waals surface area contributed by atoms with Crippen LogP contribution in [0.5, 0.6) is 5.75 Å². The Morgan fingerprint density at radius 2 is 2.00 bits per heavy atom. The van der Waals surface area contributed by atoms with E-state index < -0.39 is 0 Å². The SMILES string of the molecule is Cc1cc(C(C)(C)C)ccc1OCc1cccnc1NN. The van der Waals surface area contributed by atoms with E-state index in [1.165, 1.54) is 5.56 Å². The van der Waals surface area contributed by atoms with Crippen LogP contribution in [-0.4, -0.2) is 4.98 Å². The van der Waals surface area contributed by atoms with Gasteiger partial charge in [0.05, 0.1) is 0 Å². The average molecular weight is 285 g/mol. The predicted molar refractivity (Wildman–Crippen MR) is 86.3 cm³/mol. The van der Waals surface area contributed by atoms with Crippen LogP contribution >= 0.6 is 0 Å². The zero-order chi connectivity index (χ0) is 15.5. The van der Waals surface area contributed by atoms with Crippen molar-refractivity contribution in [1.29, 1.82) is 0 Å². The first-order chi connectivity index (χ1) is 9.91. The van der Waals surface area contributed by atoms with E-state index in [0.717, 1.165) is 16.9 Å². The standard InChI is InChI=1S/C17H23N3O/c1-12-10-14(17(2,3)4)7-8-15(12)21-11-13-6-5-9-19-16(13)20-18/h5-10H,11,18H2,1-4H3,(H,19,20). The van der Waals surface area contributed by atoms with Crippen molar-refractivity contribution in [2.75, 3.05) is 5.43 Å². The van der Waals surface area contributed by atoms with Gasteiger partial charge in [-0.2, -0.15) is 0 Å². The van der Waals surface area contributed by atoms with Gasteiger partial charge in [0, 0.05) is 11.8 Å². The highest BCUT2D eigenvalue weighted by atomic mass is 16.5. The number of nitrogens with one attached hydrogen (secondary N) is 1. The molecule has 0 aliphatic heterocycles. The number of ether oxygens (including phenoxy) is 1. The molecule has 0 amide bonds. The van der Waals surface area contributed by atoms with Crippen LogP contribution in [0.2, 0.25) is 0 Å². The van der Waals surface area contributed by atoms with E-state index in [2.05, 4.69) is 50.2 Å². The molecule has 4 heteroatoms. The third-order valence-electron chi connectivity index (χ3n) is 3.45. The molecule has 0 aliphatic rings. The van der Waals surface area contributed by atoms with Gasteiger partial charge in [-0.05, 0) is 35.6 Å². The molecule has 1 aromatic carbocycles. The lowest BCUT2D eigenvalue weighted by Crippen LogP contribution is -2.13. The van der Waals surface area contributed by atoms with Gasteiger partial charge in [-0.25, -0.2) is 10.8 Å². The minimum absolute atomic E-state index is 0.142. The first kappa shape index (κ1) is 15.3. The summed E-state index contributed by atoms with van der Waals surface area (Å²) in [6.45, 7) is 9.12. The number of pyridine rings is 1. The number of rotatable bonds is 4. The molecule has 3 N–H and O–H groups in total. The molecule has 1 aromatic heterocycles. The fourth-order valence-corrected chi connectivity index (χ4v) is 2.12. The quantitative estimate of drug-likeness (QED) is 0.666. The van der Waals surface area contributed by atoms with Gasteiger partial charge >= 0.3 is 0 Å². The predicted octanol–water partition coefficient (Wildman–Crippen LogP) is 3.55. The topological polar surface area (TPSA) is 60.2 Å². The van der Waals surface area contributed by atoms with Gasteiger partial charge in [-0.1, -0.05) is 39.0 Å². The summed E-state index contributed by atoms with van der Waals surface area (Å²) in [7, 11) is 0. The Labute approximate surface area is 126 Å². The van der Waals surface area contributed by atoms with Crippen molar-refractivity contribution in [3.63, 3.8) is 0 Å². The van der Waals surface area contributed by atoms with Gasteiger partial charge in [-0.3, -0.25) is 0 Å². The molecular weight excluding hydrogens is 262 g/mol. The van der Waals surface area contributed by atoms with E-state index in [0.29, 0.717) is 12.4 Å². The van der Waals surface area contributed by atoms with Crippen molar-refractivity contribution in [1.82, 2.24) is 4.98 Å². The van der Waals surface area contributed by atoms with Crippen LogP contribution in [0, 0.1) is 6.92 Å². The lowest BCUT2D eigenvalue weighted by atomic mass is 9.86. The third kappa shape index (κ3) is 3.73. The highest BCUT2D eigenvalue weighted by molar-refractivity contribution is 5.43. The molecule has 0 radical (unpaired) electrons. The molecule has 0 saturated heterocycles. The molecule has 4 nitrogen and oxygen atoms in total. The normalized spacial score (nSPS) is 11.3. The fourth-order valence-electron chi connectivity index (χ4n) is 2.12. The van der Waals surface area contributed by atoms with Crippen molar-refractivity contribution < 1.29 is 4.74 Å². The van der Waals surface area contributed by atoms with Gasteiger partial charge in [0.25, 0.3) is 0 Å². The molecule has 0 bridgehead atoms. The number of nitrogens with two attached hydrogens (primary N) is 1. The minimum Gasteiger partial charge on any atom is -0.488 e. The zero-order valence-corrected chi connectivity index (χ0v) is 13.1. The van der Waals surface area contributed by atoms with Gasteiger partial charge in [0.1, 0.15) is 18.2 Å². The van der Waals surface area contributed by atoms with Crippen molar-refractivity contribution in [3.8, 4) is 5.75 Å². The number of hydrogen-bond donors (Lipinski definition) is 2. The Morgan fingerprint density at radius 3 is 2.62 bits per heavy atom. The van der Waals surface area contributed by atoms with Crippen molar-refractivity contribution >= 4 is 5.82 Å². The van der Waals surface area contributed by atoms with Crippen molar-refractivity contribution in [2.24, 2.45) is 5.84 Å². The van der Waals surface area contributed by atoms with Gasteiger partial charge in [0.2, 0.25) is 0 Å². The lowest BCUT2D eigenvalue weighted by molar-refractivity contribution is 0.304. The van der Waals surface area contributed by atoms with Gasteiger partial charge < -0.3 is 10.2 Å². The molecule has 0 atom stereocenters. The second kappa shape index (κ2) is 6.14. The first-order valence-corrected chi connectivity index (χ1v) is 7.06. The summed E-state index contributed by atoms with van der Waals surface area (Å²) in [6.07, 6.45) is 1.70. The van der Waals surface area contributed by atoms with Crippen molar-refractivity contribution in [3.05, 3.63) is 53.2 Å². The first-order valence-electron chi connectivity index (χ1n) is 7.06. The van der Waals surface area contributed by atoms with Crippen LogP contribution in [0.1, 0.15) is 37.5 Å². The number of hydrazine groups is 1. The molecule has 0 spiro atoms. The summed E-state index contributed by atoms with van der Waals surface area (Å²) in [4.78, 5) is 4.16. The van der Waals surface area contributed by atoms with E-state index in [9.17, 15) is 0 Å². The molecule has 0 saturated carbocycles. The number of benzene rings is 1. The number of hydrogen-bond acceptors (Lipinski definition) is 4. The molecule has 2 rings (SSSR count). The zero-order valence-electron chi connectivity index (χ0n) is 13.1. The second-order valence-electron chi connectivity index (χ2n) is 6.17. The minimum atomic E-state index is 0.142. The van der Waals surface area contributed by atoms with Crippen LogP contribution in [0.3, 0.4) is 0 Å². The summed E-state index contributed by atoms with van der Waals surface area (Å²) >= 11 is 0. The molecule has 1 heterocycles. The van der Waals surface area contributed by atoms with Gasteiger partial charge in [0.15, 0.2) is 0 Å². The smallest absolute Gasteiger partial charge is 0.146 e. The maximum absolute atomic E-state index is 5.90. The number of nitrogens with zero attached hydrogens (tertiary/aromatic N) is 1.